The van der Waals surface area contributed by atoms with Crippen LogP contribution in [0.4, 0.5) is 5.69 Å². The lowest BCUT2D eigenvalue weighted by atomic mass is 10.1. The van der Waals surface area contributed by atoms with E-state index in [1.165, 1.54) is 23.2 Å². The molecule has 166 valence electrons. The number of para-hydroxylation sites is 1. The van der Waals surface area contributed by atoms with Crippen molar-refractivity contribution >= 4 is 35.5 Å². The molecule has 0 unspecified atom stereocenters. The van der Waals surface area contributed by atoms with Gasteiger partial charge in [0.25, 0.3) is 11.8 Å². The highest BCUT2D eigenvalue weighted by molar-refractivity contribution is 6.31. The second-order valence-corrected chi connectivity index (χ2v) is 7.52. The number of nitrogens with one attached hydrogen (secondary N) is 1. The average molecular weight is 445 g/mol. The van der Waals surface area contributed by atoms with Crippen molar-refractivity contribution in [3.63, 3.8) is 0 Å². The molecule has 0 spiro atoms. The van der Waals surface area contributed by atoms with Crippen LogP contribution < -0.4 is 10.4 Å². The Morgan fingerprint density at radius 2 is 1.48 bits per heavy atom. The molecule has 0 saturated carbocycles. The molecule has 1 fully saturated rings. The van der Waals surface area contributed by atoms with Gasteiger partial charge in [0.05, 0.1) is 16.8 Å². The zero-order valence-electron chi connectivity index (χ0n) is 17.7. The van der Waals surface area contributed by atoms with Gasteiger partial charge in [-0.15, -0.1) is 0 Å². The second-order valence-electron chi connectivity index (χ2n) is 7.52. The van der Waals surface area contributed by atoms with Crippen molar-refractivity contribution in [1.82, 2.24) is 9.99 Å². The van der Waals surface area contributed by atoms with E-state index in [1.807, 2.05) is 0 Å². The lowest BCUT2D eigenvalue weighted by Crippen LogP contribution is -2.35. The van der Waals surface area contributed by atoms with E-state index >= 15 is 0 Å². The third kappa shape index (κ3) is 3.87. The van der Waals surface area contributed by atoms with Crippen LogP contribution in [0.2, 0.25) is 0 Å². The van der Waals surface area contributed by atoms with Crippen molar-refractivity contribution in [2.24, 2.45) is 0 Å². The molecule has 3 N–H and O–H groups in total. The van der Waals surface area contributed by atoms with E-state index in [4.69, 9.17) is 0 Å². The van der Waals surface area contributed by atoms with Crippen molar-refractivity contribution in [3.05, 3.63) is 88.2 Å². The molecule has 0 atom stereocenters. The number of carboxylic acids is 2. The second kappa shape index (κ2) is 8.12. The van der Waals surface area contributed by atoms with E-state index in [1.54, 1.807) is 54.8 Å². The number of carbonyl (C=O) groups excluding carboxylic acids is 2. The molecule has 2 heterocycles. The van der Waals surface area contributed by atoms with E-state index in [9.17, 15) is 29.4 Å². The molecule has 9 nitrogen and oxygen atoms in total. The number of hydrogen-bond donors (Lipinski definition) is 3. The van der Waals surface area contributed by atoms with Crippen LogP contribution in [-0.4, -0.2) is 38.5 Å². The molecule has 0 radical (unpaired) electrons. The molecule has 0 bridgehead atoms. The van der Waals surface area contributed by atoms with Gasteiger partial charge in [-0.3, -0.25) is 15.0 Å². The highest BCUT2D eigenvalue weighted by Gasteiger charge is 2.34. The lowest BCUT2D eigenvalue weighted by Gasteiger charge is -2.13. The minimum atomic E-state index is -1.25. The van der Waals surface area contributed by atoms with Crippen molar-refractivity contribution in [2.75, 3.05) is 5.01 Å². The molecule has 33 heavy (non-hydrogen) atoms. The predicted octanol–water partition coefficient (Wildman–Crippen LogP) is 2.95. The van der Waals surface area contributed by atoms with Crippen LogP contribution in [0.25, 0.3) is 11.8 Å². The number of anilines is 1. The Kier molecular flexibility index (Phi) is 5.31. The van der Waals surface area contributed by atoms with Crippen LogP contribution in [-0.2, 0) is 9.59 Å². The number of benzene rings is 2. The first-order valence-electron chi connectivity index (χ1n) is 9.90. The van der Waals surface area contributed by atoms with Crippen molar-refractivity contribution in [3.8, 4) is 5.69 Å². The predicted molar refractivity (Wildman–Crippen MR) is 119 cm³/mol. The van der Waals surface area contributed by atoms with Crippen LogP contribution in [0.5, 0.6) is 0 Å². The van der Waals surface area contributed by atoms with Gasteiger partial charge >= 0.3 is 11.9 Å². The van der Waals surface area contributed by atoms with Crippen LogP contribution in [0, 0.1) is 13.8 Å². The third-order valence-electron chi connectivity index (χ3n) is 5.35. The summed E-state index contributed by atoms with van der Waals surface area (Å²) in [5.41, 5.74) is 4.88. The normalized spacial score (nSPS) is 14.6. The van der Waals surface area contributed by atoms with Crippen molar-refractivity contribution in [2.45, 2.75) is 13.8 Å². The number of carbonyl (C=O) groups is 4. The zero-order chi connectivity index (χ0) is 23.9. The number of hydrogen-bond acceptors (Lipinski definition) is 4. The monoisotopic (exact) mass is 445 g/mol. The summed E-state index contributed by atoms with van der Waals surface area (Å²) in [4.78, 5) is 48.3. The topological polar surface area (TPSA) is 129 Å². The largest absolute Gasteiger partial charge is 0.478 e. The number of carboxylic acid groups (broad SMARTS) is 2. The standard InChI is InChI=1S/C24H19N3O6/c1-13-8-15(12-20-21(28)25-27(22(20)29)18-6-4-3-5-7-18)14(2)26(13)19-10-16(23(30)31)9-17(11-19)24(32)33/h3-12H,1-2H3,(H,25,28)(H,30,31)(H,32,33). The summed E-state index contributed by atoms with van der Waals surface area (Å²) in [6.45, 7) is 3.50. The van der Waals surface area contributed by atoms with Gasteiger partial charge in [-0.25, -0.2) is 14.6 Å². The number of aromatic nitrogens is 1. The van der Waals surface area contributed by atoms with Crippen LogP contribution in [0.15, 0.2) is 60.2 Å². The van der Waals surface area contributed by atoms with E-state index in [2.05, 4.69) is 5.43 Å². The van der Waals surface area contributed by atoms with Gasteiger partial charge in [0.2, 0.25) is 0 Å². The molecular weight excluding hydrogens is 426 g/mol. The summed E-state index contributed by atoms with van der Waals surface area (Å²) in [5, 5.41) is 19.9. The minimum Gasteiger partial charge on any atom is -0.478 e. The molecule has 4 rings (SSSR count). The Labute approximate surface area is 188 Å². The van der Waals surface area contributed by atoms with E-state index in [0.717, 1.165) is 6.07 Å². The van der Waals surface area contributed by atoms with Crippen LogP contribution in [0.3, 0.4) is 0 Å². The highest BCUT2D eigenvalue weighted by atomic mass is 16.4. The summed E-state index contributed by atoms with van der Waals surface area (Å²) < 4.78 is 1.68. The first-order chi connectivity index (χ1) is 15.7. The Balaban J connectivity index is 1.77. The van der Waals surface area contributed by atoms with Crippen molar-refractivity contribution in [1.29, 1.82) is 0 Å². The van der Waals surface area contributed by atoms with Gasteiger partial charge in [0.15, 0.2) is 0 Å². The van der Waals surface area contributed by atoms with Crippen molar-refractivity contribution < 1.29 is 29.4 Å². The average Bonchev–Trinajstić information content (AvgIpc) is 3.23. The van der Waals surface area contributed by atoms with E-state index < -0.39 is 23.8 Å². The molecule has 1 aromatic heterocycles. The lowest BCUT2D eigenvalue weighted by molar-refractivity contribution is -0.117. The number of aromatic carboxylic acids is 2. The molecule has 1 saturated heterocycles. The summed E-state index contributed by atoms with van der Waals surface area (Å²) in [6.07, 6.45) is 1.47. The maximum Gasteiger partial charge on any atom is 0.335 e. The SMILES string of the molecule is Cc1cc(C=C2C(=O)NN(c3ccccc3)C2=O)c(C)n1-c1cc(C(=O)O)cc(C(=O)O)c1. The molecule has 1 aliphatic rings. The summed E-state index contributed by atoms with van der Waals surface area (Å²) >= 11 is 0. The number of rotatable bonds is 5. The zero-order valence-corrected chi connectivity index (χ0v) is 17.7. The fourth-order valence-corrected chi connectivity index (χ4v) is 3.79. The fourth-order valence-electron chi connectivity index (χ4n) is 3.79. The Morgan fingerprint density at radius 1 is 0.879 bits per heavy atom. The van der Waals surface area contributed by atoms with Gasteiger partial charge < -0.3 is 14.8 Å². The Bertz CT molecular complexity index is 1320. The Hall–Kier alpha value is -4.66. The molecule has 0 aliphatic carbocycles. The molecule has 3 aromatic rings. The quantitative estimate of drug-likeness (QED) is 0.409. The summed E-state index contributed by atoms with van der Waals surface area (Å²) in [6, 6.07) is 14.3. The van der Waals surface area contributed by atoms with Gasteiger partial charge in [-0.1, -0.05) is 18.2 Å². The number of amides is 2. The Morgan fingerprint density at radius 3 is 2.06 bits per heavy atom. The third-order valence-corrected chi connectivity index (χ3v) is 5.35. The van der Waals surface area contributed by atoms with Gasteiger partial charge in [-0.2, -0.15) is 0 Å². The van der Waals surface area contributed by atoms with Crippen LogP contribution >= 0.6 is 0 Å². The summed E-state index contributed by atoms with van der Waals surface area (Å²) in [7, 11) is 0. The van der Waals surface area contributed by atoms with Crippen LogP contribution in [0.1, 0.15) is 37.7 Å². The fraction of sp³-hybridized carbons (Fsp3) is 0.0833. The molecule has 2 amide bonds. The van der Waals surface area contributed by atoms with Gasteiger partial charge in [0, 0.05) is 17.1 Å². The maximum absolute atomic E-state index is 12.9. The summed E-state index contributed by atoms with van der Waals surface area (Å²) in [5.74, 6) is -3.55. The van der Waals surface area contributed by atoms with E-state index in [-0.39, 0.29) is 16.7 Å². The van der Waals surface area contributed by atoms with E-state index in [0.29, 0.717) is 28.3 Å². The molecule has 9 heteroatoms. The highest BCUT2D eigenvalue weighted by Crippen LogP contribution is 2.27. The number of nitrogens with zero attached hydrogens (tertiary/aromatic N) is 2. The molecule has 1 aliphatic heterocycles. The molecular formula is C24H19N3O6. The smallest absolute Gasteiger partial charge is 0.335 e. The van der Waals surface area contributed by atoms with Gasteiger partial charge in [-0.05, 0) is 61.9 Å². The first-order valence-corrected chi connectivity index (χ1v) is 9.90. The minimum absolute atomic E-state index is 0.0513. The maximum atomic E-state index is 12.9. The number of aryl methyl sites for hydroxylation is 1. The molecule has 2 aromatic carbocycles. The first kappa shape index (κ1) is 21.6. The number of hydrazine groups is 1. The van der Waals surface area contributed by atoms with Gasteiger partial charge in [0.1, 0.15) is 5.57 Å².